The molecule has 0 saturated heterocycles. The number of nitrogens with zero attached hydrogens (tertiary/aromatic N) is 1. The van der Waals surface area contributed by atoms with Crippen LogP contribution < -0.4 is 16.6 Å². The molecule has 0 amide bonds. The molecule has 1 aromatic heterocycles. The molecule has 2 rings (SSSR count). The van der Waals surface area contributed by atoms with Crippen molar-refractivity contribution in [2.75, 3.05) is 17.3 Å². The second kappa shape index (κ2) is 4.21. The normalized spacial score (nSPS) is 23.0. The molecule has 1 saturated carbocycles. The van der Waals surface area contributed by atoms with E-state index >= 15 is 0 Å². The molecule has 0 radical (unpaired) electrons. The Labute approximate surface area is 92.2 Å². The van der Waals surface area contributed by atoms with Gasteiger partial charge < -0.3 is 10.7 Å². The monoisotopic (exact) mass is 228 g/mol. The lowest BCUT2D eigenvalue weighted by Gasteiger charge is -2.08. The Hall–Kier alpha value is -1.43. The minimum atomic E-state index is -0.801. The van der Waals surface area contributed by atoms with Crippen LogP contribution in [0.3, 0.4) is 0 Å². The fraction of sp³-hybridized carbons (Fsp3) is 0.500. The van der Waals surface area contributed by atoms with E-state index in [1.807, 2.05) is 0 Å². The largest absolute Gasteiger partial charge is 0.367 e. The molecule has 1 heterocycles. The molecule has 1 aliphatic carbocycles. The first-order valence-electron chi connectivity index (χ1n) is 5.18. The van der Waals surface area contributed by atoms with Gasteiger partial charge in [0.05, 0.1) is 0 Å². The third-order valence-corrected chi connectivity index (χ3v) is 2.87. The maximum absolute atomic E-state index is 13.3. The average molecular weight is 228 g/mol. The third kappa shape index (κ3) is 2.21. The van der Waals surface area contributed by atoms with Crippen LogP contribution in [0.25, 0.3) is 0 Å². The first-order chi connectivity index (χ1) is 7.61. The summed E-state index contributed by atoms with van der Waals surface area (Å²) in [5.74, 6) is 4.65. The van der Waals surface area contributed by atoms with E-state index in [1.54, 1.807) is 0 Å². The summed E-state index contributed by atoms with van der Waals surface area (Å²) >= 11 is 0. The number of aromatic nitrogens is 1. The Morgan fingerprint density at radius 1 is 1.44 bits per heavy atom. The second-order valence-corrected chi connectivity index (χ2v) is 4.15. The van der Waals surface area contributed by atoms with Gasteiger partial charge in [-0.05, 0) is 18.3 Å². The summed E-state index contributed by atoms with van der Waals surface area (Å²) in [6.45, 7) is 2.79. The molecule has 0 spiro atoms. The van der Waals surface area contributed by atoms with Crippen LogP contribution in [0.2, 0.25) is 0 Å². The SMILES string of the molecule is CC1CC1CNc1nc(NN)c(F)cc1F. The Morgan fingerprint density at radius 2 is 2.06 bits per heavy atom. The van der Waals surface area contributed by atoms with Crippen molar-refractivity contribution in [3.8, 4) is 0 Å². The smallest absolute Gasteiger partial charge is 0.178 e. The molecule has 0 bridgehead atoms. The molecule has 0 aliphatic heterocycles. The van der Waals surface area contributed by atoms with Crippen molar-refractivity contribution in [3.63, 3.8) is 0 Å². The second-order valence-electron chi connectivity index (χ2n) is 4.15. The number of pyridine rings is 1. The van der Waals surface area contributed by atoms with Crippen LogP contribution in [-0.2, 0) is 0 Å². The van der Waals surface area contributed by atoms with Crippen LogP contribution in [-0.4, -0.2) is 11.5 Å². The first kappa shape index (κ1) is 11.1. The predicted octanol–water partition coefficient (Wildman–Crippen LogP) is 1.71. The summed E-state index contributed by atoms with van der Waals surface area (Å²) in [5.41, 5.74) is 2.08. The Balaban J connectivity index is 2.07. The van der Waals surface area contributed by atoms with Crippen LogP contribution in [0.1, 0.15) is 13.3 Å². The minimum Gasteiger partial charge on any atom is -0.367 e. The molecule has 1 fully saturated rings. The lowest BCUT2D eigenvalue weighted by atomic mass is 10.3. The molecule has 2 atom stereocenters. The summed E-state index contributed by atoms with van der Waals surface area (Å²) in [7, 11) is 0. The standard InChI is InChI=1S/C10H14F2N4/c1-5-2-6(5)4-14-9-7(11)3-8(12)10(15-9)16-13/h3,5-6H,2,4,13H2,1H3,(H2,14,15,16). The third-order valence-electron chi connectivity index (χ3n) is 2.87. The number of nitrogen functional groups attached to an aromatic ring is 1. The number of nitrogens with one attached hydrogen (secondary N) is 2. The molecule has 4 N–H and O–H groups in total. The molecule has 0 aromatic carbocycles. The van der Waals surface area contributed by atoms with E-state index in [4.69, 9.17) is 5.84 Å². The van der Waals surface area contributed by atoms with E-state index in [1.165, 1.54) is 0 Å². The summed E-state index contributed by atoms with van der Waals surface area (Å²) in [5, 5.41) is 2.86. The van der Waals surface area contributed by atoms with Crippen molar-refractivity contribution < 1.29 is 8.78 Å². The highest BCUT2D eigenvalue weighted by atomic mass is 19.1. The summed E-state index contributed by atoms with van der Waals surface area (Å²) < 4.78 is 26.3. The predicted molar refractivity (Wildman–Crippen MR) is 57.7 cm³/mol. The van der Waals surface area contributed by atoms with Gasteiger partial charge in [0.25, 0.3) is 0 Å². The number of rotatable bonds is 4. The fourth-order valence-corrected chi connectivity index (χ4v) is 1.60. The van der Waals surface area contributed by atoms with Crippen LogP contribution >= 0.6 is 0 Å². The van der Waals surface area contributed by atoms with Gasteiger partial charge in [0.15, 0.2) is 23.3 Å². The van der Waals surface area contributed by atoms with Gasteiger partial charge in [-0.2, -0.15) is 0 Å². The lowest BCUT2D eigenvalue weighted by Crippen LogP contribution is -2.14. The highest BCUT2D eigenvalue weighted by Crippen LogP contribution is 2.37. The van der Waals surface area contributed by atoms with Crippen molar-refractivity contribution in [1.82, 2.24) is 4.98 Å². The van der Waals surface area contributed by atoms with E-state index in [0.29, 0.717) is 18.4 Å². The minimum absolute atomic E-state index is 0.0356. The number of halogens is 2. The molecule has 4 nitrogen and oxygen atoms in total. The Morgan fingerprint density at radius 3 is 2.62 bits per heavy atom. The zero-order chi connectivity index (χ0) is 11.7. The molecule has 1 aromatic rings. The van der Waals surface area contributed by atoms with Gasteiger partial charge in [0.2, 0.25) is 0 Å². The van der Waals surface area contributed by atoms with Crippen molar-refractivity contribution in [3.05, 3.63) is 17.7 Å². The van der Waals surface area contributed by atoms with E-state index < -0.39 is 11.6 Å². The van der Waals surface area contributed by atoms with E-state index in [2.05, 4.69) is 22.7 Å². The summed E-state index contributed by atoms with van der Waals surface area (Å²) in [6.07, 6.45) is 1.14. The van der Waals surface area contributed by atoms with E-state index in [0.717, 1.165) is 12.5 Å². The zero-order valence-corrected chi connectivity index (χ0v) is 8.93. The summed E-state index contributed by atoms with van der Waals surface area (Å²) in [4.78, 5) is 3.72. The van der Waals surface area contributed by atoms with Crippen molar-refractivity contribution in [2.45, 2.75) is 13.3 Å². The van der Waals surface area contributed by atoms with E-state index in [-0.39, 0.29) is 11.6 Å². The average Bonchev–Trinajstić information content (AvgIpc) is 2.93. The molecule has 6 heteroatoms. The zero-order valence-electron chi connectivity index (χ0n) is 8.93. The van der Waals surface area contributed by atoms with Gasteiger partial charge >= 0.3 is 0 Å². The van der Waals surface area contributed by atoms with Crippen LogP contribution in [0.5, 0.6) is 0 Å². The molecular weight excluding hydrogens is 214 g/mol. The van der Waals surface area contributed by atoms with Crippen molar-refractivity contribution in [2.24, 2.45) is 17.7 Å². The van der Waals surface area contributed by atoms with Gasteiger partial charge in [-0.1, -0.05) is 6.92 Å². The van der Waals surface area contributed by atoms with Gasteiger partial charge in [-0.15, -0.1) is 0 Å². The van der Waals surface area contributed by atoms with Gasteiger partial charge in [0, 0.05) is 12.6 Å². The fourth-order valence-electron chi connectivity index (χ4n) is 1.60. The van der Waals surface area contributed by atoms with Crippen LogP contribution in [0, 0.1) is 23.5 Å². The molecule has 1 aliphatic rings. The Kier molecular flexibility index (Phi) is 2.91. The molecular formula is C10H14F2N4. The molecule has 16 heavy (non-hydrogen) atoms. The van der Waals surface area contributed by atoms with Gasteiger partial charge in [-0.3, -0.25) is 0 Å². The van der Waals surface area contributed by atoms with Crippen LogP contribution in [0.15, 0.2) is 6.07 Å². The Bertz CT molecular complexity index is 397. The highest BCUT2D eigenvalue weighted by molar-refractivity contribution is 5.46. The van der Waals surface area contributed by atoms with Crippen molar-refractivity contribution in [1.29, 1.82) is 0 Å². The number of hydrogen-bond acceptors (Lipinski definition) is 4. The maximum atomic E-state index is 13.3. The summed E-state index contributed by atoms with van der Waals surface area (Å²) in [6, 6.07) is 0.765. The topological polar surface area (TPSA) is 63.0 Å². The first-order valence-corrected chi connectivity index (χ1v) is 5.18. The number of hydrogen-bond donors (Lipinski definition) is 3. The maximum Gasteiger partial charge on any atom is 0.178 e. The molecule has 2 unspecified atom stereocenters. The number of nitrogens with two attached hydrogens (primary N) is 1. The van der Waals surface area contributed by atoms with Gasteiger partial charge in [0.1, 0.15) is 0 Å². The van der Waals surface area contributed by atoms with Crippen LogP contribution in [0.4, 0.5) is 20.4 Å². The quantitative estimate of drug-likeness (QED) is 0.542. The number of anilines is 2. The van der Waals surface area contributed by atoms with Gasteiger partial charge in [-0.25, -0.2) is 19.6 Å². The van der Waals surface area contributed by atoms with Crippen molar-refractivity contribution >= 4 is 11.6 Å². The molecule has 88 valence electrons. The number of hydrazine groups is 1. The highest BCUT2D eigenvalue weighted by Gasteiger charge is 2.32. The van der Waals surface area contributed by atoms with E-state index in [9.17, 15) is 8.78 Å². The lowest BCUT2D eigenvalue weighted by molar-refractivity contribution is 0.577.